The predicted octanol–water partition coefficient (Wildman–Crippen LogP) is 3.71. The molecular formula is C16H17Cl2NO4S. The number of halogens is 2. The van der Waals surface area contributed by atoms with E-state index in [1.54, 1.807) is 32.0 Å². The van der Waals surface area contributed by atoms with Crippen LogP contribution >= 0.6 is 23.2 Å². The number of carboxylic acids is 1. The van der Waals surface area contributed by atoms with E-state index in [9.17, 15) is 18.3 Å². The highest BCUT2D eigenvalue weighted by atomic mass is 35.5. The number of benzene rings is 1. The van der Waals surface area contributed by atoms with Crippen molar-refractivity contribution in [3.05, 3.63) is 55.7 Å². The number of nitrogens with one attached hydrogen (secondary N) is 1. The van der Waals surface area contributed by atoms with Gasteiger partial charge in [0.15, 0.2) is 9.84 Å². The molecule has 1 aliphatic rings. The molecule has 0 bridgehead atoms. The van der Waals surface area contributed by atoms with Gasteiger partial charge in [-0.05, 0) is 25.5 Å². The van der Waals surface area contributed by atoms with E-state index in [0.29, 0.717) is 17.0 Å². The van der Waals surface area contributed by atoms with Crippen LogP contribution in [0.4, 0.5) is 0 Å². The van der Waals surface area contributed by atoms with Crippen molar-refractivity contribution >= 4 is 39.0 Å². The van der Waals surface area contributed by atoms with Gasteiger partial charge in [-0.15, -0.1) is 0 Å². The lowest BCUT2D eigenvalue weighted by molar-refractivity contribution is -0.133. The Morgan fingerprint density at radius 3 is 2.42 bits per heavy atom. The monoisotopic (exact) mass is 389 g/mol. The second kappa shape index (κ2) is 6.78. The fourth-order valence-corrected chi connectivity index (χ4v) is 4.72. The highest BCUT2D eigenvalue weighted by Gasteiger charge is 2.39. The third-order valence-electron chi connectivity index (χ3n) is 3.94. The summed E-state index contributed by atoms with van der Waals surface area (Å²) < 4.78 is 25.3. The fourth-order valence-electron chi connectivity index (χ4n) is 2.87. The molecule has 0 fully saturated rings. The molecule has 1 aromatic rings. The summed E-state index contributed by atoms with van der Waals surface area (Å²) in [4.78, 5) is 11.8. The van der Waals surface area contributed by atoms with Gasteiger partial charge in [-0.3, -0.25) is 0 Å². The number of rotatable bonds is 4. The maximum absolute atomic E-state index is 12.6. The average molecular weight is 390 g/mol. The summed E-state index contributed by atoms with van der Waals surface area (Å²) >= 11 is 12.3. The lowest BCUT2D eigenvalue weighted by Crippen LogP contribution is -2.31. The summed E-state index contributed by atoms with van der Waals surface area (Å²) in [6, 6.07) is 4.78. The Balaban J connectivity index is 2.86. The molecule has 0 aliphatic carbocycles. The molecule has 0 aromatic heterocycles. The predicted molar refractivity (Wildman–Crippen MR) is 94.8 cm³/mol. The lowest BCUT2D eigenvalue weighted by atomic mass is 9.86. The molecule has 0 saturated carbocycles. The van der Waals surface area contributed by atoms with Crippen LogP contribution in [0.3, 0.4) is 0 Å². The van der Waals surface area contributed by atoms with Gasteiger partial charge >= 0.3 is 5.97 Å². The van der Waals surface area contributed by atoms with Crippen LogP contribution in [0.5, 0.6) is 0 Å². The van der Waals surface area contributed by atoms with Crippen molar-refractivity contribution in [2.75, 3.05) is 5.75 Å². The van der Waals surface area contributed by atoms with Crippen LogP contribution in [-0.4, -0.2) is 25.2 Å². The SMILES string of the molecule is CCS(=O)(=O)C1=C(C)NC(C)=C(C(=O)O)C1c1cccc(Cl)c1Cl. The second-order valence-electron chi connectivity index (χ2n) is 5.44. The summed E-state index contributed by atoms with van der Waals surface area (Å²) in [5, 5.41) is 12.9. The molecule has 130 valence electrons. The average Bonchev–Trinajstić information content (AvgIpc) is 2.48. The van der Waals surface area contributed by atoms with Crippen LogP contribution in [0, 0.1) is 0 Å². The summed E-state index contributed by atoms with van der Waals surface area (Å²) in [6.45, 7) is 4.71. The van der Waals surface area contributed by atoms with Gasteiger partial charge in [0.05, 0.1) is 32.2 Å². The Labute approximate surface area is 150 Å². The summed E-state index contributed by atoms with van der Waals surface area (Å²) in [7, 11) is -3.67. The van der Waals surface area contributed by atoms with E-state index in [4.69, 9.17) is 23.2 Å². The topological polar surface area (TPSA) is 83.5 Å². The molecule has 1 aromatic carbocycles. The van der Waals surface area contributed by atoms with E-state index in [1.807, 2.05) is 0 Å². The Bertz CT molecular complexity index is 872. The van der Waals surface area contributed by atoms with Gasteiger partial charge in [-0.25, -0.2) is 13.2 Å². The maximum atomic E-state index is 12.6. The number of hydrogen-bond donors (Lipinski definition) is 2. The number of dihydropyridines is 1. The van der Waals surface area contributed by atoms with Crippen LogP contribution < -0.4 is 5.32 Å². The zero-order chi connectivity index (χ0) is 18.2. The smallest absolute Gasteiger partial charge is 0.334 e. The quantitative estimate of drug-likeness (QED) is 0.819. The van der Waals surface area contributed by atoms with Gasteiger partial charge in [0.1, 0.15) is 0 Å². The minimum Gasteiger partial charge on any atom is -0.478 e. The Morgan fingerprint density at radius 1 is 1.25 bits per heavy atom. The van der Waals surface area contributed by atoms with Gasteiger partial charge in [-0.2, -0.15) is 0 Å². The number of aliphatic carboxylic acids is 1. The third kappa shape index (κ3) is 3.18. The molecule has 1 unspecified atom stereocenters. The van der Waals surface area contributed by atoms with Crippen molar-refractivity contribution in [1.29, 1.82) is 0 Å². The number of hydrogen-bond acceptors (Lipinski definition) is 4. The Morgan fingerprint density at radius 2 is 1.88 bits per heavy atom. The molecule has 8 heteroatoms. The largest absolute Gasteiger partial charge is 0.478 e. The highest BCUT2D eigenvalue weighted by molar-refractivity contribution is 7.95. The number of allylic oxidation sites excluding steroid dienone is 3. The molecule has 0 radical (unpaired) electrons. The molecule has 0 saturated heterocycles. The van der Waals surface area contributed by atoms with E-state index in [2.05, 4.69) is 5.32 Å². The second-order valence-corrected chi connectivity index (χ2v) is 8.47. The number of carbonyl (C=O) groups is 1. The Kier molecular flexibility index (Phi) is 5.32. The molecule has 5 nitrogen and oxygen atoms in total. The summed E-state index contributed by atoms with van der Waals surface area (Å²) in [6.07, 6.45) is 0. The van der Waals surface area contributed by atoms with E-state index < -0.39 is 21.7 Å². The minimum absolute atomic E-state index is 0.0113. The number of carboxylic acid groups (broad SMARTS) is 1. The van der Waals surface area contributed by atoms with Crippen molar-refractivity contribution in [3.63, 3.8) is 0 Å². The highest BCUT2D eigenvalue weighted by Crippen LogP contribution is 2.44. The first-order chi connectivity index (χ1) is 11.1. The number of sulfone groups is 1. The molecule has 24 heavy (non-hydrogen) atoms. The molecule has 1 atom stereocenters. The van der Waals surface area contributed by atoms with Crippen LogP contribution in [0.25, 0.3) is 0 Å². The molecule has 1 aliphatic heterocycles. The van der Waals surface area contributed by atoms with Crippen LogP contribution in [0.1, 0.15) is 32.3 Å². The van der Waals surface area contributed by atoms with Crippen LogP contribution in [-0.2, 0) is 14.6 Å². The first kappa shape index (κ1) is 18.8. The van der Waals surface area contributed by atoms with Crippen molar-refractivity contribution in [3.8, 4) is 0 Å². The maximum Gasteiger partial charge on any atom is 0.334 e. The Hall–Kier alpha value is -1.50. The third-order valence-corrected chi connectivity index (χ3v) is 6.74. The van der Waals surface area contributed by atoms with E-state index in [1.165, 1.54) is 6.92 Å². The zero-order valence-electron chi connectivity index (χ0n) is 13.4. The fraction of sp³-hybridized carbons (Fsp3) is 0.312. The molecule has 0 spiro atoms. The zero-order valence-corrected chi connectivity index (χ0v) is 15.7. The summed E-state index contributed by atoms with van der Waals surface area (Å²) in [5.74, 6) is -2.38. The molecule has 1 heterocycles. The molecule has 2 rings (SSSR count). The van der Waals surface area contributed by atoms with Crippen molar-refractivity contribution in [1.82, 2.24) is 5.32 Å². The minimum atomic E-state index is -3.67. The first-order valence-electron chi connectivity index (χ1n) is 7.20. The van der Waals surface area contributed by atoms with Gasteiger partial charge < -0.3 is 10.4 Å². The molecular weight excluding hydrogens is 373 g/mol. The van der Waals surface area contributed by atoms with Crippen LogP contribution in [0.15, 0.2) is 40.1 Å². The van der Waals surface area contributed by atoms with Gasteiger partial charge in [-0.1, -0.05) is 42.3 Å². The van der Waals surface area contributed by atoms with Crippen LogP contribution in [0.2, 0.25) is 10.0 Å². The summed E-state index contributed by atoms with van der Waals surface area (Å²) in [5.41, 5.74) is 1.06. The molecule has 0 amide bonds. The van der Waals surface area contributed by atoms with Gasteiger partial charge in [0.25, 0.3) is 0 Å². The van der Waals surface area contributed by atoms with Crippen molar-refractivity contribution in [2.45, 2.75) is 26.7 Å². The van der Waals surface area contributed by atoms with Gasteiger partial charge in [0, 0.05) is 11.4 Å². The van der Waals surface area contributed by atoms with Crippen molar-refractivity contribution in [2.24, 2.45) is 0 Å². The molecule has 2 N–H and O–H groups in total. The normalized spacial score (nSPS) is 18.6. The lowest BCUT2D eigenvalue weighted by Gasteiger charge is -2.30. The van der Waals surface area contributed by atoms with E-state index in [0.717, 1.165) is 0 Å². The van der Waals surface area contributed by atoms with E-state index in [-0.39, 0.29) is 26.3 Å². The first-order valence-corrected chi connectivity index (χ1v) is 9.61. The van der Waals surface area contributed by atoms with Gasteiger partial charge in [0.2, 0.25) is 0 Å². The van der Waals surface area contributed by atoms with Crippen molar-refractivity contribution < 1.29 is 18.3 Å². The van der Waals surface area contributed by atoms with E-state index >= 15 is 0 Å². The standard InChI is InChI=1S/C16H17Cl2NO4S/c1-4-24(22,23)15-9(3)19-8(2)12(16(20)21)13(15)10-6-5-7-11(17)14(10)18/h5-7,13,19H,4H2,1-3H3,(H,20,21).